The average Bonchev–Trinajstić information content (AvgIpc) is 2.70. The monoisotopic (exact) mass is 279 g/mol. The van der Waals surface area contributed by atoms with E-state index in [1.54, 1.807) is 0 Å². The molecule has 1 aromatic heterocycles. The summed E-state index contributed by atoms with van der Waals surface area (Å²) in [7, 11) is 0. The molecule has 0 unspecified atom stereocenters. The molecule has 0 aromatic carbocycles. The van der Waals surface area contributed by atoms with Crippen LogP contribution in [0.4, 0.5) is 4.79 Å². The maximum Gasteiger partial charge on any atom is 0.408 e. The molecule has 2 rings (SSSR count). The molecule has 1 heterocycles. The Labute approximate surface area is 120 Å². The predicted molar refractivity (Wildman–Crippen MR) is 77.4 cm³/mol. The largest absolute Gasteiger partial charge is 0.444 e. The van der Waals surface area contributed by atoms with E-state index in [4.69, 9.17) is 4.74 Å². The fraction of sp³-hybridized carbons (Fsp3) is 0.733. The fourth-order valence-corrected chi connectivity index (χ4v) is 2.60. The highest BCUT2D eigenvalue weighted by Gasteiger charge is 2.29. The first-order chi connectivity index (χ1) is 9.26. The molecule has 1 amide bonds. The van der Waals surface area contributed by atoms with Crippen LogP contribution in [-0.4, -0.2) is 21.2 Å². The van der Waals surface area contributed by atoms with Crippen LogP contribution >= 0.6 is 0 Å². The first kappa shape index (κ1) is 14.9. The van der Waals surface area contributed by atoms with Gasteiger partial charge < -0.3 is 14.6 Å². The van der Waals surface area contributed by atoms with Crippen LogP contribution in [0.2, 0.25) is 0 Å². The number of aromatic nitrogens is 2. The first-order valence-corrected chi connectivity index (χ1v) is 7.27. The third kappa shape index (κ3) is 3.52. The summed E-state index contributed by atoms with van der Waals surface area (Å²) in [5.41, 5.74) is 0.556. The molecule has 1 N–H and O–H groups in total. The molecular formula is C15H25N3O2. The van der Waals surface area contributed by atoms with Crippen molar-refractivity contribution in [3.05, 3.63) is 18.2 Å². The SMILES string of the molecule is CC1CC(n2cncc2[C@H](C)NC(=O)OC(C)(C)C)C1. The fourth-order valence-electron chi connectivity index (χ4n) is 2.60. The summed E-state index contributed by atoms with van der Waals surface area (Å²) in [4.78, 5) is 16.0. The first-order valence-electron chi connectivity index (χ1n) is 7.27. The highest BCUT2D eigenvalue weighted by molar-refractivity contribution is 5.68. The quantitative estimate of drug-likeness (QED) is 0.922. The molecule has 0 spiro atoms. The molecule has 5 heteroatoms. The minimum atomic E-state index is -0.479. The molecule has 5 nitrogen and oxygen atoms in total. The van der Waals surface area contributed by atoms with Crippen LogP contribution in [0.3, 0.4) is 0 Å². The number of rotatable bonds is 3. The molecule has 1 aliphatic rings. The number of nitrogens with one attached hydrogen (secondary N) is 1. The highest BCUT2D eigenvalue weighted by atomic mass is 16.6. The van der Waals surface area contributed by atoms with Gasteiger partial charge in [0, 0.05) is 6.04 Å². The second kappa shape index (κ2) is 5.46. The number of nitrogens with zero attached hydrogens (tertiary/aromatic N) is 2. The Morgan fingerprint density at radius 2 is 2.15 bits per heavy atom. The maximum absolute atomic E-state index is 11.8. The zero-order valence-corrected chi connectivity index (χ0v) is 13.0. The van der Waals surface area contributed by atoms with Crippen molar-refractivity contribution in [1.82, 2.24) is 14.9 Å². The lowest BCUT2D eigenvalue weighted by Crippen LogP contribution is -2.35. The van der Waals surface area contributed by atoms with Crippen molar-refractivity contribution in [3.8, 4) is 0 Å². The standard InChI is InChI=1S/C15H25N3O2/c1-10-6-12(7-10)18-9-16-8-13(18)11(2)17-14(19)20-15(3,4)5/h8-12H,6-7H2,1-5H3,(H,17,19)/t10?,11-,12?/m0/s1. The van der Waals surface area contributed by atoms with Crippen molar-refractivity contribution >= 4 is 6.09 Å². The molecular weight excluding hydrogens is 254 g/mol. The highest BCUT2D eigenvalue weighted by Crippen LogP contribution is 2.38. The summed E-state index contributed by atoms with van der Waals surface area (Å²) in [5.74, 6) is 0.782. The van der Waals surface area contributed by atoms with Gasteiger partial charge in [-0.15, -0.1) is 0 Å². The molecule has 1 aromatic rings. The third-order valence-corrected chi connectivity index (χ3v) is 3.62. The van der Waals surface area contributed by atoms with E-state index in [2.05, 4.69) is 21.8 Å². The lowest BCUT2D eigenvalue weighted by atomic mass is 9.81. The van der Waals surface area contributed by atoms with Crippen LogP contribution in [0.5, 0.6) is 0 Å². The Bertz CT molecular complexity index is 470. The van der Waals surface area contributed by atoms with Gasteiger partial charge in [-0.2, -0.15) is 0 Å². The number of carbonyl (C=O) groups is 1. The van der Waals surface area contributed by atoms with E-state index in [1.165, 1.54) is 12.8 Å². The Hall–Kier alpha value is -1.52. The van der Waals surface area contributed by atoms with Crippen molar-refractivity contribution < 1.29 is 9.53 Å². The van der Waals surface area contributed by atoms with E-state index in [1.807, 2.05) is 40.2 Å². The number of alkyl carbamates (subject to hydrolysis) is 1. The summed E-state index contributed by atoms with van der Waals surface area (Å²) in [6, 6.07) is 0.411. The Balaban J connectivity index is 1.98. The Morgan fingerprint density at radius 3 is 2.70 bits per heavy atom. The number of carbonyl (C=O) groups excluding carboxylic acids is 1. The second-order valence-electron chi connectivity index (χ2n) is 6.82. The third-order valence-electron chi connectivity index (χ3n) is 3.62. The molecule has 0 bridgehead atoms. The zero-order valence-electron chi connectivity index (χ0n) is 13.0. The molecule has 1 fully saturated rings. The van der Waals surface area contributed by atoms with E-state index >= 15 is 0 Å². The summed E-state index contributed by atoms with van der Waals surface area (Å²) < 4.78 is 7.47. The molecule has 112 valence electrons. The van der Waals surface area contributed by atoms with Crippen molar-refractivity contribution in [1.29, 1.82) is 0 Å². The molecule has 0 radical (unpaired) electrons. The van der Waals surface area contributed by atoms with Gasteiger partial charge in [0.25, 0.3) is 0 Å². The van der Waals surface area contributed by atoms with Gasteiger partial charge in [-0.05, 0) is 46.5 Å². The topological polar surface area (TPSA) is 56.2 Å². The maximum atomic E-state index is 11.8. The summed E-state index contributed by atoms with van der Waals surface area (Å²) >= 11 is 0. The van der Waals surface area contributed by atoms with Gasteiger partial charge in [0.1, 0.15) is 5.60 Å². The molecule has 0 aliphatic heterocycles. The smallest absolute Gasteiger partial charge is 0.408 e. The van der Waals surface area contributed by atoms with Crippen LogP contribution in [-0.2, 0) is 4.74 Å². The summed E-state index contributed by atoms with van der Waals surface area (Å²) in [6.07, 6.45) is 5.66. The number of hydrogen-bond donors (Lipinski definition) is 1. The van der Waals surface area contributed by atoms with Crippen molar-refractivity contribution in [2.75, 3.05) is 0 Å². The minimum Gasteiger partial charge on any atom is -0.444 e. The lowest BCUT2D eigenvalue weighted by molar-refractivity contribution is 0.0504. The van der Waals surface area contributed by atoms with E-state index < -0.39 is 5.60 Å². The minimum absolute atomic E-state index is 0.108. The van der Waals surface area contributed by atoms with Gasteiger partial charge in [0.2, 0.25) is 0 Å². The average molecular weight is 279 g/mol. The van der Waals surface area contributed by atoms with Crippen molar-refractivity contribution in [2.24, 2.45) is 5.92 Å². The van der Waals surface area contributed by atoms with Gasteiger partial charge in [0.05, 0.1) is 24.3 Å². The van der Waals surface area contributed by atoms with E-state index in [0.29, 0.717) is 6.04 Å². The van der Waals surface area contributed by atoms with E-state index in [0.717, 1.165) is 11.6 Å². The van der Waals surface area contributed by atoms with Gasteiger partial charge in [0.15, 0.2) is 0 Å². The number of ether oxygens (including phenoxy) is 1. The normalized spacial score (nSPS) is 23.9. The predicted octanol–water partition coefficient (Wildman–Crippen LogP) is 3.44. The van der Waals surface area contributed by atoms with Crippen molar-refractivity contribution in [3.63, 3.8) is 0 Å². The van der Waals surface area contributed by atoms with Crippen LogP contribution in [0.1, 0.15) is 65.2 Å². The molecule has 1 aliphatic carbocycles. The Kier molecular flexibility index (Phi) is 4.06. The van der Waals surface area contributed by atoms with Crippen LogP contribution in [0, 0.1) is 5.92 Å². The van der Waals surface area contributed by atoms with Crippen molar-refractivity contribution in [2.45, 2.75) is 65.1 Å². The van der Waals surface area contributed by atoms with Gasteiger partial charge in [-0.1, -0.05) is 6.92 Å². The van der Waals surface area contributed by atoms with Gasteiger partial charge >= 0.3 is 6.09 Å². The molecule has 1 saturated carbocycles. The van der Waals surface area contributed by atoms with E-state index in [9.17, 15) is 4.79 Å². The Morgan fingerprint density at radius 1 is 1.50 bits per heavy atom. The molecule has 20 heavy (non-hydrogen) atoms. The van der Waals surface area contributed by atoms with Crippen LogP contribution in [0.25, 0.3) is 0 Å². The van der Waals surface area contributed by atoms with Gasteiger partial charge in [-0.25, -0.2) is 9.78 Å². The van der Waals surface area contributed by atoms with Gasteiger partial charge in [-0.3, -0.25) is 0 Å². The van der Waals surface area contributed by atoms with Crippen LogP contribution < -0.4 is 5.32 Å². The zero-order chi connectivity index (χ0) is 14.9. The summed E-state index contributed by atoms with van der Waals surface area (Å²) in [6.45, 7) is 9.79. The lowest BCUT2D eigenvalue weighted by Gasteiger charge is -2.35. The summed E-state index contributed by atoms with van der Waals surface area (Å²) in [5, 5.41) is 2.87. The number of amides is 1. The molecule has 1 atom stereocenters. The second-order valence-corrected chi connectivity index (χ2v) is 6.82. The van der Waals surface area contributed by atoms with E-state index in [-0.39, 0.29) is 12.1 Å². The van der Waals surface area contributed by atoms with Crippen LogP contribution in [0.15, 0.2) is 12.5 Å². The molecule has 0 saturated heterocycles. The number of hydrogen-bond acceptors (Lipinski definition) is 3. The number of imidazole rings is 1.